The minimum Gasteiger partial charge on any atom is -0.414 e. The van der Waals surface area contributed by atoms with E-state index in [1.165, 1.54) is 38.5 Å². The molecule has 0 unspecified atom stereocenters. The third-order valence-electron chi connectivity index (χ3n) is 7.78. The van der Waals surface area contributed by atoms with Crippen molar-refractivity contribution < 1.29 is 18.7 Å². The Morgan fingerprint density at radius 3 is 2.19 bits per heavy atom. The molecule has 0 N–H and O–H groups in total. The number of hydrogen-bond acceptors (Lipinski definition) is 4. The second-order valence-corrected chi connectivity index (χ2v) is 15.9. The summed E-state index contributed by atoms with van der Waals surface area (Å²) in [6.45, 7) is 11.4. The van der Waals surface area contributed by atoms with Crippen molar-refractivity contribution in [3.63, 3.8) is 0 Å². The minimum atomic E-state index is -1.91. The summed E-state index contributed by atoms with van der Waals surface area (Å²) in [4.78, 5) is 12.3. The summed E-state index contributed by atoms with van der Waals surface area (Å²) < 4.78 is 18.9. The highest BCUT2D eigenvalue weighted by atomic mass is 28.4. The number of hydrogen-bond donors (Lipinski definition) is 0. The third-order valence-corrected chi connectivity index (χ3v) is 12.3. The van der Waals surface area contributed by atoms with Crippen LogP contribution in [-0.2, 0) is 18.7 Å². The van der Waals surface area contributed by atoms with E-state index < -0.39 is 20.7 Å². The first kappa shape index (κ1) is 19.8. The van der Waals surface area contributed by atoms with E-state index in [-0.39, 0.29) is 16.4 Å². The van der Waals surface area contributed by atoms with E-state index in [2.05, 4.69) is 33.9 Å². The third kappa shape index (κ3) is 3.98. The molecule has 0 aromatic carbocycles. The molecule has 4 saturated carbocycles. The zero-order valence-corrected chi connectivity index (χ0v) is 18.6. The van der Waals surface area contributed by atoms with Crippen LogP contribution in [0, 0.1) is 17.8 Å². The van der Waals surface area contributed by atoms with E-state index >= 15 is 0 Å². The summed E-state index contributed by atoms with van der Waals surface area (Å²) in [6.07, 6.45) is 10.2. The van der Waals surface area contributed by atoms with Gasteiger partial charge in [-0.15, -0.1) is 0 Å². The smallest absolute Gasteiger partial charge is 0.192 e. The maximum absolute atomic E-state index is 12.3. The van der Waals surface area contributed by atoms with Gasteiger partial charge in [-0.1, -0.05) is 20.8 Å². The molecule has 27 heavy (non-hydrogen) atoms. The van der Waals surface area contributed by atoms with Crippen LogP contribution in [0.4, 0.5) is 0 Å². The summed E-state index contributed by atoms with van der Waals surface area (Å²) in [5.74, 6) is 2.51. The van der Waals surface area contributed by atoms with Gasteiger partial charge in [0.05, 0.1) is 12.2 Å². The lowest BCUT2D eigenvalue weighted by atomic mass is 9.54. The molecule has 5 heteroatoms. The van der Waals surface area contributed by atoms with Crippen molar-refractivity contribution in [2.24, 2.45) is 17.8 Å². The van der Waals surface area contributed by atoms with Gasteiger partial charge in [0.15, 0.2) is 20.4 Å². The van der Waals surface area contributed by atoms with Gasteiger partial charge < -0.3 is 13.9 Å². The zero-order valence-electron chi connectivity index (χ0n) is 17.6. The van der Waals surface area contributed by atoms with Gasteiger partial charge in [0.1, 0.15) is 6.10 Å². The predicted octanol–water partition coefficient (Wildman–Crippen LogP) is 4.84. The lowest BCUT2D eigenvalue weighted by molar-refractivity contribution is -0.252. The van der Waals surface area contributed by atoms with Gasteiger partial charge in [-0.05, 0) is 86.6 Å². The number of ether oxygens (including phenoxy) is 2. The molecule has 4 bridgehead atoms. The van der Waals surface area contributed by atoms with E-state index in [0.717, 1.165) is 17.8 Å². The Morgan fingerprint density at radius 2 is 1.67 bits per heavy atom. The number of carbonyl (C=O) groups is 1. The first-order valence-electron chi connectivity index (χ1n) is 10.7. The fourth-order valence-electron chi connectivity index (χ4n) is 5.67. The molecule has 4 fully saturated rings. The Morgan fingerprint density at radius 1 is 1.11 bits per heavy atom. The maximum atomic E-state index is 12.3. The zero-order chi connectivity index (χ0) is 19.4. The number of carbonyl (C=O) groups excluding carboxylic acids is 1. The maximum Gasteiger partial charge on any atom is 0.192 e. The summed E-state index contributed by atoms with van der Waals surface area (Å²) >= 11 is 0. The van der Waals surface area contributed by atoms with E-state index in [0.29, 0.717) is 6.61 Å². The molecule has 4 aliphatic carbocycles. The van der Waals surface area contributed by atoms with Gasteiger partial charge in [0.2, 0.25) is 0 Å². The van der Waals surface area contributed by atoms with Crippen LogP contribution in [0.2, 0.25) is 18.1 Å². The molecule has 0 radical (unpaired) electrons. The molecular weight excluding hydrogens is 356 g/mol. The van der Waals surface area contributed by atoms with Crippen molar-refractivity contribution >= 4 is 14.1 Å². The van der Waals surface area contributed by atoms with Crippen LogP contribution in [-0.4, -0.2) is 38.7 Å². The van der Waals surface area contributed by atoms with Gasteiger partial charge in [0.25, 0.3) is 0 Å². The first-order valence-corrected chi connectivity index (χ1v) is 13.7. The monoisotopic (exact) mass is 392 g/mol. The van der Waals surface area contributed by atoms with Crippen molar-refractivity contribution in [1.82, 2.24) is 0 Å². The highest BCUT2D eigenvalue weighted by molar-refractivity contribution is 6.74. The van der Waals surface area contributed by atoms with Crippen LogP contribution >= 0.6 is 0 Å². The Labute approximate surface area is 165 Å². The Bertz CT molecular complexity index is 583. The summed E-state index contributed by atoms with van der Waals surface area (Å²) in [5, 5.41) is 0.121. The van der Waals surface area contributed by atoms with Gasteiger partial charge >= 0.3 is 0 Å². The molecule has 152 valence electrons. The molecular formula is C22H36O4Si. The van der Waals surface area contributed by atoms with Crippen LogP contribution in [0.3, 0.4) is 0 Å². The highest BCUT2D eigenvalue weighted by Crippen LogP contribution is 2.57. The second kappa shape index (κ2) is 6.79. The van der Waals surface area contributed by atoms with Crippen LogP contribution < -0.4 is 0 Å². The van der Waals surface area contributed by atoms with E-state index in [9.17, 15) is 4.79 Å². The first-order chi connectivity index (χ1) is 12.6. The topological polar surface area (TPSA) is 44.8 Å². The fourth-order valence-corrected chi connectivity index (χ4v) is 6.67. The number of rotatable bonds is 5. The Hall–Kier alpha value is -0.493. The standard InChI is InChI=1S/C22H36O4Si/c1-21(2,3)27(4,5)24-14-19-18(23)6-7-20(25-19)26-22-11-15-8-16(12-22)10-17(9-15)13-22/h6-7,15-17,19-20H,8-14H2,1-5H3/t15?,16?,17?,19-,20+,22?/m0/s1. The van der Waals surface area contributed by atoms with Crippen LogP contribution in [0.15, 0.2) is 12.2 Å². The molecule has 0 aromatic rings. The Kier molecular flexibility index (Phi) is 4.98. The minimum absolute atomic E-state index is 0.000860. The lowest BCUT2D eigenvalue weighted by Crippen LogP contribution is -2.54. The molecule has 1 heterocycles. The highest BCUT2D eigenvalue weighted by Gasteiger charge is 2.53. The van der Waals surface area contributed by atoms with E-state index in [1.54, 1.807) is 6.08 Å². The average molecular weight is 393 g/mol. The summed E-state index contributed by atoms with van der Waals surface area (Å²) in [5.41, 5.74) is -0.0189. The molecule has 0 aromatic heterocycles. The molecule has 0 amide bonds. The molecule has 5 aliphatic rings. The Balaban J connectivity index is 1.38. The van der Waals surface area contributed by atoms with Crippen molar-refractivity contribution in [3.8, 4) is 0 Å². The van der Waals surface area contributed by atoms with E-state index in [1.807, 2.05) is 6.08 Å². The van der Waals surface area contributed by atoms with Crippen molar-refractivity contribution in [2.45, 2.75) is 95.4 Å². The molecule has 0 spiro atoms. The molecule has 4 nitrogen and oxygen atoms in total. The van der Waals surface area contributed by atoms with E-state index in [4.69, 9.17) is 13.9 Å². The quantitative estimate of drug-likeness (QED) is 0.628. The van der Waals surface area contributed by atoms with Gasteiger partial charge in [-0.2, -0.15) is 0 Å². The largest absolute Gasteiger partial charge is 0.414 e. The fraction of sp³-hybridized carbons (Fsp3) is 0.864. The molecule has 0 saturated heterocycles. The van der Waals surface area contributed by atoms with Gasteiger partial charge in [0, 0.05) is 0 Å². The lowest BCUT2D eigenvalue weighted by Gasteiger charge is -2.56. The van der Waals surface area contributed by atoms with Crippen molar-refractivity contribution in [1.29, 1.82) is 0 Å². The predicted molar refractivity (Wildman–Crippen MR) is 108 cm³/mol. The molecule has 2 atom stereocenters. The number of ketones is 1. The summed E-state index contributed by atoms with van der Waals surface area (Å²) in [7, 11) is -1.91. The molecule has 1 aliphatic heterocycles. The molecule has 5 rings (SSSR count). The van der Waals surface area contributed by atoms with Gasteiger partial charge in [-0.25, -0.2) is 0 Å². The van der Waals surface area contributed by atoms with Gasteiger partial charge in [-0.3, -0.25) is 4.79 Å². The SMILES string of the molecule is CC(C)(C)[Si](C)(C)OC[C@@H]1O[C@H](OC23CC4CC(CC(C4)C2)C3)C=CC1=O. The average Bonchev–Trinajstić information content (AvgIpc) is 2.52. The van der Waals surface area contributed by atoms with Crippen LogP contribution in [0.1, 0.15) is 59.3 Å². The van der Waals surface area contributed by atoms with Crippen molar-refractivity contribution in [3.05, 3.63) is 12.2 Å². The van der Waals surface area contributed by atoms with Crippen molar-refractivity contribution in [2.75, 3.05) is 6.61 Å². The van der Waals surface area contributed by atoms with Crippen LogP contribution in [0.25, 0.3) is 0 Å². The summed E-state index contributed by atoms with van der Waals surface area (Å²) in [6, 6.07) is 0. The second-order valence-electron chi connectivity index (χ2n) is 11.0. The normalized spacial score (nSPS) is 41.4. The van der Waals surface area contributed by atoms with Crippen LogP contribution in [0.5, 0.6) is 0 Å².